The molecule has 0 spiro atoms. The Morgan fingerprint density at radius 2 is 1.89 bits per heavy atom. The van der Waals surface area contributed by atoms with E-state index in [1.807, 2.05) is 6.08 Å². The van der Waals surface area contributed by atoms with E-state index in [2.05, 4.69) is 50.3 Å². The highest BCUT2D eigenvalue weighted by Crippen LogP contribution is 2.37. The Balaban J connectivity index is 2.26. The maximum Gasteiger partial charge on any atom is 0.160 e. The van der Waals surface area contributed by atoms with Crippen molar-refractivity contribution in [3.63, 3.8) is 0 Å². The van der Waals surface area contributed by atoms with Gasteiger partial charge in [-0.1, -0.05) is 56.3 Å². The highest BCUT2D eigenvalue weighted by molar-refractivity contribution is 5.96. The summed E-state index contributed by atoms with van der Waals surface area (Å²) in [5.74, 6) is 0.190. The second kappa shape index (κ2) is 3.81. The normalized spacial score (nSPS) is 20.4. The third kappa shape index (κ3) is 1.76. The van der Waals surface area contributed by atoms with Crippen molar-refractivity contribution in [2.75, 3.05) is 0 Å². The molecule has 0 bridgehead atoms. The van der Waals surface area contributed by atoms with Gasteiger partial charge < -0.3 is 0 Å². The molecular formula is C17H16O. The van der Waals surface area contributed by atoms with Crippen LogP contribution in [0.25, 0.3) is 6.08 Å². The molecule has 18 heavy (non-hydrogen) atoms. The molecule has 0 atom stereocenters. The molecule has 0 unspecified atom stereocenters. The smallest absolute Gasteiger partial charge is 0.160 e. The Labute approximate surface area is 108 Å². The van der Waals surface area contributed by atoms with Gasteiger partial charge in [-0.25, -0.2) is 0 Å². The van der Waals surface area contributed by atoms with Crippen molar-refractivity contribution in [3.8, 4) is 0 Å². The number of carbonyl (C=O) groups excluding carboxylic acids is 1. The second-order valence-electron chi connectivity index (χ2n) is 5.55. The maximum atomic E-state index is 11.5. The lowest BCUT2D eigenvalue weighted by Crippen LogP contribution is -2.15. The fourth-order valence-electron chi connectivity index (χ4n) is 2.78. The molecule has 2 aliphatic rings. The fraction of sp³-hybridized carbons (Fsp3) is 0.235. The van der Waals surface area contributed by atoms with Gasteiger partial charge in [0.25, 0.3) is 0 Å². The minimum Gasteiger partial charge on any atom is -0.294 e. The van der Waals surface area contributed by atoms with Gasteiger partial charge in [-0.15, -0.1) is 0 Å². The first-order valence-corrected chi connectivity index (χ1v) is 6.30. The zero-order valence-corrected chi connectivity index (χ0v) is 10.7. The van der Waals surface area contributed by atoms with Crippen LogP contribution in [0.3, 0.4) is 0 Å². The molecule has 0 fully saturated rings. The summed E-state index contributed by atoms with van der Waals surface area (Å²) >= 11 is 0. The summed E-state index contributed by atoms with van der Waals surface area (Å²) in [5.41, 5.74) is 4.87. The minimum atomic E-state index is -0.00506. The first-order valence-electron chi connectivity index (χ1n) is 6.30. The van der Waals surface area contributed by atoms with E-state index >= 15 is 0 Å². The number of benzene rings is 1. The van der Waals surface area contributed by atoms with Crippen LogP contribution in [0.5, 0.6) is 0 Å². The number of hydrogen-bond acceptors (Lipinski definition) is 1. The molecule has 0 heterocycles. The zero-order valence-electron chi connectivity index (χ0n) is 10.7. The molecule has 0 saturated carbocycles. The van der Waals surface area contributed by atoms with Gasteiger partial charge in [0, 0.05) is 11.8 Å². The highest BCUT2D eigenvalue weighted by Gasteiger charge is 2.26. The Morgan fingerprint density at radius 1 is 1.11 bits per heavy atom. The Hall–Kier alpha value is -1.89. The van der Waals surface area contributed by atoms with Gasteiger partial charge in [-0.05, 0) is 28.3 Å². The van der Waals surface area contributed by atoms with Gasteiger partial charge in [-0.2, -0.15) is 0 Å². The number of hydrogen-bond donors (Lipinski definition) is 0. The molecule has 0 saturated heterocycles. The highest BCUT2D eigenvalue weighted by atomic mass is 16.1. The minimum absolute atomic E-state index is 0.00506. The predicted molar refractivity (Wildman–Crippen MR) is 74.3 cm³/mol. The molecular weight excluding hydrogens is 220 g/mol. The quantitative estimate of drug-likeness (QED) is 0.669. The third-order valence-electron chi connectivity index (χ3n) is 3.69. The summed E-state index contributed by atoms with van der Waals surface area (Å²) in [6.07, 6.45) is 8.60. The fourth-order valence-corrected chi connectivity index (χ4v) is 2.78. The number of allylic oxidation sites excluding steroid dienone is 5. The average Bonchev–Trinajstić information content (AvgIpc) is 2.43. The summed E-state index contributed by atoms with van der Waals surface area (Å²) in [4.78, 5) is 11.5. The van der Waals surface area contributed by atoms with E-state index in [0.717, 1.165) is 5.57 Å². The van der Waals surface area contributed by atoms with E-state index in [4.69, 9.17) is 0 Å². The largest absolute Gasteiger partial charge is 0.294 e. The molecule has 1 nitrogen and oxygen atoms in total. The average molecular weight is 236 g/mol. The summed E-state index contributed by atoms with van der Waals surface area (Å²) in [5, 5.41) is 0. The Bertz CT molecular complexity index is 612. The first-order chi connectivity index (χ1) is 8.56. The number of rotatable bonds is 0. The molecule has 1 aromatic carbocycles. The summed E-state index contributed by atoms with van der Waals surface area (Å²) in [7, 11) is 0. The standard InChI is InChI=1S/C17H16O/c1-17(2)11-13-7-8-15(18)10-14(13)9-12-5-3-4-6-16(12)17/h3-9,11H,10H2,1-2H3. The van der Waals surface area contributed by atoms with Crippen molar-refractivity contribution in [2.45, 2.75) is 25.7 Å². The molecule has 0 aromatic heterocycles. The summed E-state index contributed by atoms with van der Waals surface area (Å²) in [6, 6.07) is 8.43. The van der Waals surface area contributed by atoms with Crippen LogP contribution in [0.15, 0.2) is 53.6 Å². The maximum absolute atomic E-state index is 11.5. The Kier molecular flexibility index (Phi) is 2.37. The lowest BCUT2D eigenvalue weighted by Gasteiger charge is -2.23. The van der Waals surface area contributed by atoms with Crippen molar-refractivity contribution in [1.29, 1.82) is 0 Å². The molecule has 90 valence electrons. The summed E-state index contributed by atoms with van der Waals surface area (Å²) < 4.78 is 0. The predicted octanol–water partition coefficient (Wildman–Crippen LogP) is 3.82. The zero-order chi connectivity index (χ0) is 12.8. The van der Waals surface area contributed by atoms with E-state index in [-0.39, 0.29) is 11.2 Å². The lowest BCUT2D eigenvalue weighted by atomic mass is 9.81. The van der Waals surface area contributed by atoms with Crippen LogP contribution in [-0.4, -0.2) is 5.78 Å². The van der Waals surface area contributed by atoms with Crippen LogP contribution in [0.2, 0.25) is 0 Å². The van der Waals surface area contributed by atoms with E-state index in [1.54, 1.807) is 6.08 Å². The monoisotopic (exact) mass is 236 g/mol. The van der Waals surface area contributed by atoms with Crippen LogP contribution < -0.4 is 0 Å². The molecule has 0 amide bonds. The second-order valence-corrected chi connectivity index (χ2v) is 5.55. The van der Waals surface area contributed by atoms with Gasteiger partial charge in [0.1, 0.15) is 0 Å². The van der Waals surface area contributed by atoms with Crippen LogP contribution in [0.4, 0.5) is 0 Å². The summed E-state index contributed by atoms with van der Waals surface area (Å²) in [6.45, 7) is 4.44. The lowest BCUT2D eigenvalue weighted by molar-refractivity contribution is -0.114. The van der Waals surface area contributed by atoms with Gasteiger partial charge in [0.15, 0.2) is 5.78 Å². The van der Waals surface area contributed by atoms with E-state index in [0.29, 0.717) is 6.42 Å². The van der Waals surface area contributed by atoms with Gasteiger partial charge in [-0.3, -0.25) is 4.79 Å². The van der Waals surface area contributed by atoms with E-state index in [9.17, 15) is 4.79 Å². The van der Waals surface area contributed by atoms with Gasteiger partial charge in [0.2, 0.25) is 0 Å². The van der Waals surface area contributed by atoms with Crippen LogP contribution in [-0.2, 0) is 10.2 Å². The first kappa shape index (κ1) is 11.2. The van der Waals surface area contributed by atoms with Crippen molar-refractivity contribution in [2.24, 2.45) is 0 Å². The van der Waals surface area contributed by atoms with Gasteiger partial charge in [0.05, 0.1) is 0 Å². The number of fused-ring (bicyclic) bond motifs is 2. The molecule has 2 aliphatic carbocycles. The number of carbonyl (C=O) groups is 1. The van der Waals surface area contributed by atoms with Crippen molar-refractivity contribution >= 4 is 11.9 Å². The van der Waals surface area contributed by atoms with Crippen LogP contribution in [0.1, 0.15) is 31.4 Å². The van der Waals surface area contributed by atoms with E-state index in [1.165, 1.54) is 16.7 Å². The third-order valence-corrected chi connectivity index (χ3v) is 3.69. The topological polar surface area (TPSA) is 17.1 Å². The van der Waals surface area contributed by atoms with Crippen molar-refractivity contribution < 1.29 is 4.79 Å². The molecule has 1 heteroatoms. The van der Waals surface area contributed by atoms with Crippen molar-refractivity contribution in [1.82, 2.24) is 0 Å². The van der Waals surface area contributed by atoms with Crippen LogP contribution in [0, 0.1) is 0 Å². The SMILES string of the molecule is CC1(C)C=C2C=CC(=O)CC2=Cc2ccccc21. The van der Waals surface area contributed by atoms with Crippen LogP contribution >= 0.6 is 0 Å². The molecule has 3 rings (SSSR count). The molecule has 0 radical (unpaired) electrons. The molecule has 0 aliphatic heterocycles. The molecule has 0 N–H and O–H groups in total. The van der Waals surface area contributed by atoms with E-state index < -0.39 is 0 Å². The Morgan fingerprint density at radius 3 is 2.72 bits per heavy atom. The van der Waals surface area contributed by atoms with Gasteiger partial charge >= 0.3 is 0 Å². The number of ketones is 1. The van der Waals surface area contributed by atoms with Crippen molar-refractivity contribution in [3.05, 3.63) is 64.8 Å². The molecule has 1 aromatic rings.